The standard InChI is InChI=1S/C10H19NO2/c1-3-13-8-10-5-4-6-11(7-10)9(2)12/h10H,3-8H2,1-2H3. The van der Waals surface area contributed by atoms with Crippen LogP contribution in [-0.2, 0) is 9.53 Å². The van der Waals surface area contributed by atoms with E-state index in [1.165, 1.54) is 6.42 Å². The number of piperidine rings is 1. The van der Waals surface area contributed by atoms with Crippen LogP contribution in [0, 0.1) is 5.92 Å². The number of carbonyl (C=O) groups excluding carboxylic acids is 1. The highest BCUT2D eigenvalue weighted by molar-refractivity contribution is 5.73. The first-order valence-electron chi connectivity index (χ1n) is 5.07. The lowest BCUT2D eigenvalue weighted by Gasteiger charge is -2.31. The average molecular weight is 185 g/mol. The Morgan fingerprint density at radius 3 is 3.00 bits per heavy atom. The van der Waals surface area contributed by atoms with Gasteiger partial charge in [0.05, 0.1) is 6.61 Å². The van der Waals surface area contributed by atoms with E-state index in [9.17, 15) is 4.79 Å². The summed E-state index contributed by atoms with van der Waals surface area (Å²) in [4.78, 5) is 13.0. The summed E-state index contributed by atoms with van der Waals surface area (Å²) in [6.07, 6.45) is 2.32. The van der Waals surface area contributed by atoms with Crippen LogP contribution in [0.2, 0.25) is 0 Å². The molecule has 0 bridgehead atoms. The van der Waals surface area contributed by atoms with Crippen molar-refractivity contribution in [2.45, 2.75) is 26.7 Å². The van der Waals surface area contributed by atoms with Crippen LogP contribution in [0.1, 0.15) is 26.7 Å². The molecule has 0 N–H and O–H groups in total. The Kier molecular flexibility index (Phi) is 4.22. The molecule has 1 fully saturated rings. The summed E-state index contributed by atoms with van der Waals surface area (Å²) >= 11 is 0. The fourth-order valence-corrected chi connectivity index (χ4v) is 1.77. The second-order valence-corrected chi connectivity index (χ2v) is 3.63. The summed E-state index contributed by atoms with van der Waals surface area (Å²) in [5, 5.41) is 0. The number of rotatable bonds is 3. The number of likely N-dealkylation sites (tertiary alicyclic amines) is 1. The first-order chi connectivity index (χ1) is 6.24. The highest BCUT2D eigenvalue weighted by atomic mass is 16.5. The molecule has 1 rings (SSSR count). The van der Waals surface area contributed by atoms with Crippen LogP contribution in [0.3, 0.4) is 0 Å². The SMILES string of the molecule is CCOCC1CCCN(C(C)=O)C1. The molecule has 76 valence electrons. The van der Waals surface area contributed by atoms with Crippen LogP contribution in [0.4, 0.5) is 0 Å². The van der Waals surface area contributed by atoms with Crippen LogP contribution < -0.4 is 0 Å². The van der Waals surface area contributed by atoms with Crippen LogP contribution >= 0.6 is 0 Å². The van der Waals surface area contributed by atoms with Crippen molar-refractivity contribution in [3.05, 3.63) is 0 Å². The van der Waals surface area contributed by atoms with E-state index < -0.39 is 0 Å². The first kappa shape index (κ1) is 10.5. The lowest BCUT2D eigenvalue weighted by atomic mass is 9.99. The molecule has 0 radical (unpaired) electrons. The Morgan fingerprint density at radius 1 is 1.62 bits per heavy atom. The van der Waals surface area contributed by atoms with Crippen molar-refractivity contribution in [3.8, 4) is 0 Å². The molecule has 13 heavy (non-hydrogen) atoms. The number of hydrogen-bond acceptors (Lipinski definition) is 2. The first-order valence-corrected chi connectivity index (χ1v) is 5.07. The Balaban J connectivity index is 2.29. The molecule has 0 aliphatic carbocycles. The molecule has 3 heteroatoms. The van der Waals surface area contributed by atoms with E-state index in [1.807, 2.05) is 11.8 Å². The van der Waals surface area contributed by atoms with Gasteiger partial charge in [-0.25, -0.2) is 0 Å². The van der Waals surface area contributed by atoms with Crippen molar-refractivity contribution < 1.29 is 9.53 Å². The van der Waals surface area contributed by atoms with Gasteiger partial charge < -0.3 is 9.64 Å². The molecule has 1 aliphatic rings. The zero-order valence-corrected chi connectivity index (χ0v) is 8.58. The minimum absolute atomic E-state index is 0.196. The van der Waals surface area contributed by atoms with Crippen molar-refractivity contribution in [1.82, 2.24) is 4.90 Å². The molecule has 0 aromatic heterocycles. The van der Waals surface area contributed by atoms with E-state index in [1.54, 1.807) is 6.92 Å². The maximum atomic E-state index is 11.1. The Morgan fingerprint density at radius 2 is 2.38 bits per heavy atom. The van der Waals surface area contributed by atoms with Crippen molar-refractivity contribution in [2.75, 3.05) is 26.3 Å². The van der Waals surface area contributed by atoms with Crippen LogP contribution in [0.5, 0.6) is 0 Å². The van der Waals surface area contributed by atoms with Gasteiger partial charge in [0, 0.05) is 26.6 Å². The molecule has 1 unspecified atom stereocenters. The fraction of sp³-hybridized carbons (Fsp3) is 0.900. The molecular formula is C10H19NO2. The van der Waals surface area contributed by atoms with E-state index in [-0.39, 0.29) is 5.91 Å². The summed E-state index contributed by atoms with van der Waals surface area (Å²) in [6.45, 7) is 7.04. The monoisotopic (exact) mass is 185 g/mol. The topological polar surface area (TPSA) is 29.5 Å². The van der Waals surface area contributed by atoms with Crippen molar-refractivity contribution in [3.63, 3.8) is 0 Å². The molecule has 0 saturated carbocycles. The van der Waals surface area contributed by atoms with E-state index in [0.717, 1.165) is 32.7 Å². The third kappa shape index (κ3) is 3.35. The van der Waals surface area contributed by atoms with E-state index in [4.69, 9.17) is 4.74 Å². The predicted octanol–water partition coefficient (Wildman–Crippen LogP) is 1.28. The smallest absolute Gasteiger partial charge is 0.219 e. The Hall–Kier alpha value is -0.570. The maximum absolute atomic E-state index is 11.1. The predicted molar refractivity (Wildman–Crippen MR) is 51.5 cm³/mol. The molecule has 1 atom stereocenters. The van der Waals surface area contributed by atoms with Gasteiger partial charge in [0.25, 0.3) is 0 Å². The quantitative estimate of drug-likeness (QED) is 0.663. The molecule has 3 nitrogen and oxygen atoms in total. The van der Waals surface area contributed by atoms with Crippen molar-refractivity contribution in [1.29, 1.82) is 0 Å². The number of ether oxygens (including phenoxy) is 1. The van der Waals surface area contributed by atoms with E-state index in [2.05, 4.69) is 0 Å². The molecule has 1 amide bonds. The van der Waals surface area contributed by atoms with E-state index >= 15 is 0 Å². The molecule has 0 aromatic carbocycles. The Labute approximate surface area is 80.1 Å². The summed E-state index contributed by atoms with van der Waals surface area (Å²) in [6, 6.07) is 0. The second-order valence-electron chi connectivity index (χ2n) is 3.63. The number of nitrogens with zero attached hydrogens (tertiary/aromatic N) is 1. The second kappa shape index (κ2) is 5.22. The lowest BCUT2D eigenvalue weighted by Crippen LogP contribution is -2.39. The minimum Gasteiger partial charge on any atom is -0.381 e. The molecule has 1 saturated heterocycles. The van der Waals surface area contributed by atoms with Crippen molar-refractivity contribution in [2.24, 2.45) is 5.92 Å². The lowest BCUT2D eigenvalue weighted by molar-refractivity contribution is -0.131. The third-order valence-corrected chi connectivity index (χ3v) is 2.52. The fourth-order valence-electron chi connectivity index (χ4n) is 1.77. The van der Waals surface area contributed by atoms with Crippen LogP contribution in [-0.4, -0.2) is 37.1 Å². The molecule has 1 aliphatic heterocycles. The molecular weight excluding hydrogens is 166 g/mol. The van der Waals surface area contributed by atoms with Gasteiger partial charge in [0.15, 0.2) is 0 Å². The number of amides is 1. The molecule has 0 spiro atoms. The van der Waals surface area contributed by atoms with E-state index in [0.29, 0.717) is 5.92 Å². The van der Waals surface area contributed by atoms with Crippen LogP contribution in [0.15, 0.2) is 0 Å². The molecule has 0 aromatic rings. The molecule has 1 heterocycles. The van der Waals surface area contributed by atoms with Gasteiger partial charge in [-0.2, -0.15) is 0 Å². The van der Waals surface area contributed by atoms with Crippen LogP contribution in [0.25, 0.3) is 0 Å². The van der Waals surface area contributed by atoms with Gasteiger partial charge in [-0.3, -0.25) is 4.79 Å². The highest BCUT2D eigenvalue weighted by Gasteiger charge is 2.21. The zero-order chi connectivity index (χ0) is 9.68. The van der Waals surface area contributed by atoms with Gasteiger partial charge in [-0.1, -0.05) is 0 Å². The zero-order valence-electron chi connectivity index (χ0n) is 8.58. The minimum atomic E-state index is 0.196. The normalized spacial score (nSPS) is 23.2. The van der Waals surface area contributed by atoms with Gasteiger partial charge in [-0.15, -0.1) is 0 Å². The van der Waals surface area contributed by atoms with Gasteiger partial charge in [0.2, 0.25) is 5.91 Å². The number of carbonyl (C=O) groups is 1. The third-order valence-electron chi connectivity index (χ3n) is 2.52. The van der Waals surface area contributed by atoms with Crippen molar-refractivity contribution >= 4 is 5.91 Å². The van der Waals surface area contributed by atoms with Gasteiger partial charge in [-0.05, 0) is 25.7 Å². The summed E-state index contributed by atoms with van der Waals surface area (Å²) < 4.78 is 5.36. The largest absolute Gasteiger partial charge is 0.381 e. The number of hydrogen-bond donors (Lipinski definition) is 0. The van der Waals surface area contributed by atoms with Gasteiger partial charge in [0.1, 0.15) is 0 Å². The average Bonchev–Trinajstić information content (AvgIpc) is 2.15. The highest BCUT2D eigenvalue weighted by Crippen LogP contribution is 2.16. The summed E-state index contributed by atoms with van der Waals surface area (Å²) in [5.74, 6) is 0.749. The summed E-state index contributed by atoms with van der Waals surface area (Å²) in [7, 11) is 0. The summed E-state index contributed by atoms with van der Waals surface area (Å²) in [5.41, 5.74) is 0. The van der Waals surface area contributed by atoms with Gasteiger partial charge >= 0.3 is 0 Å². The Bertz CT molecular complexity index is 170. The maximum Gasteiger partial charge on any atom is 0.219 e.